The van der Waals surface area contributed by atoms with Crippen LogP contribution in [0.2, 0.25) is 5.02 Å². The van der Waals surface area contributed by atoms with Gasteiger partial charge in [-0.3, -0.25) is 15.1 Å². The highest BCUT2D eigenvalue weighted by atomic mass is 35.5. The predicted molar refractivity (Wildman–Crippen MR) is 147 cm³/mol. The Bertz CT molecular complexity index is 1530. The Labute approximate surface area is 228 Å². The minimum Gasteiger partial charge on any atom is -0.492 e. The molecule has 206 valence electrons. The van der Waals surface area contributed by atoms with E-state index in [0.29, 0.717) is 43.9 Å². The lowest BCUT2D eigenvalue weighted by Gasteiger charge is -2.37. The van der Waals surface area contributed by atoms with Gasteiger partial charge >= 0.3 is 5.97 Å². The van der Waals surface area contributed by atoms with Gasteiger partial charge in [0.15, 0.2) is 11.6 Å². The predicted octanol–water partition coefficient (Wildman–Crippen LogP) is 4.58. The number of aromatic nitrogens is 1. The van der Waals surface area contributed by atoms with Crippen molar-refractivity contribution in [3.63, 3.8) is 0 Å². The second-order valence-corrected chi connectivity index (χ2v) is 10.2. The summed E-state index contributed by atoms with van der Waals surface area (Å²) in [5.74, 6) is -2.23. The Morgan fingerprint density at radius 3 is 2.51 bits per heavy atom. The summed E-state index contributed by atoms with van der Waals surface area (Å²) < 4.78 is 36.3. The number of hydrogen-bond acceptors (Lipinski definition) is 7. The maximum atomic E-state index is 15.5. The van der Waals surface area contributed by atoms with E-state index >= 15 is 4.39 Å². The lowest BCUT2D eigenvalue weighted by atomic mass is 10.1. The van der Waals surface area contributed by atoms with Gasteiger partial charge in [-0.25, -0.2) is 13.6 Å². The first kappa shape index (κ1) is 26.9. The number of ether oxygens (including phenoxy) is 1. The highest BCUT2D eigenvalue weighted by Crippen LogP contribution is 2.43. The third kappa shape index (κ3) is 5.41. The molecule has 1 aliphatic carbocycles. The third-order valence-corrected chi connectivity index (χ3v) is 7.30. The van der Waals surface area contributed by atoms with Crippen molar-refractivity contribution in [2.45, 2.75) is 25.8 Å². The van der Waals surface area contributed by atoms with Gasteiger partial charge in [-0.05, 0) is 44.0 Å². The largest absolute Gasteiger partial charge is 0.492 e. The molecule has 2 aliphatic rings. The number of nitrogens with one attached hydrogen (secondary N) is 1. The van der Waals surface area contributed by atoms with Crippen molar-refractivity contribution >= 4 is 45.6 Å². The Morgan fingerprint density at radius 2 is 1.90 bits per heavy atom. The molecule has 1 saturated carbocycles. The molecule has 0 spiro atoms. The summed E-state index contributed by atoms with van der Waals surface area (Å²) in [4.78, 5) is 28.7. The summed E-state index contributed by atoms with van der Waals surface area (Å²) in [6.07, 6.45) is 3.04. The van der Waals surface area contributed by atoms with Gasteiger partial charge in [0, 0.05) is 50.7 Å². The van der Waals surface area contributed by atoms with E-state index in [4.69, 9.17) is 16.3 Å². The summed E-state index contributed by atoms with van der Waals surface area (Å²) in [6, 6.07) is 5.45. The molecule has 2 heterocycles. The maximum absolute atomic E-state index is 15.5. The second-order valence-electron chi connectivity index (χ2n) is 9.80. The Hall–Kier alpha value is -3.70. The van der Waals surface area contributed by atoms with Gasteiger partial charge in [0.25, 0.3) is 0 Å². The highest BCUT2D eigenvalue weighted by molar-refractivity contribution is 6.31. The van der Waals surface area contributed by atoms with Crippen molar-refractivity contribution in [1.82, 2.24) is 9.47 Å². The van der Waals surface area contributed by atoms with Crippen molar-refractivity contribution in [2.75, 3.05) is 50.2 Å². The van der Waals surface area contributed by atoms with Gasteiger partial charge in [-0.1, -0.05) is 11.6 Å². The number of hydrogen-bond donors (Lipinski definition) is 2. The monoisotopic (exact) mass is 559 g/mol. The number of carboxylic acid groups (broad SMARTS) is 1. The number of carboxylic acids is 1. The Kier molecular flexibility index (Phi) is 7.46. The number of carbonyl (C=O) groups is 1. The highest BCUT2D eigenvalue weighted by Gasteiger charge is 2.32. The van der Waals surface area contributed by atoms with Crippen LogP contribution < -0.4 is 20.5 Å². The van der Waals surface area contributed by atoms with Crippen LogP contribution in [0.25, 0.3) is 10.9 Å². The van der Waals surface area contributed by atoms with Crippen LogP contribution in [0, 0.1) is 11.6 Å². The average molecular weight is 560 g/mol. The molecule has 12 heteroatoms. The molecule has 39 heavy (non-hydrogen) atoms. The fourth-order valence-corrected chi connectivity index (χ4v) is 5.12. The van der Waals surface area contributed by atoms with Crippen LogP contribution in [0.3, 0.4) is 0 Å². The molecule has 1 saturated heterocycles. The molecule has 0 radical (unpaired) electrons. The van der Waals surface area contributed by atoms with Gasteiger partial charge in [0.1, 0.15) is 17.1 Å². The molecule has 2 fully saturated rings. The molecule has 0 atom stereocenters. The van der Waals surface area contributed by atoms with Gasteiger partial charge < -0.3 is 19.3 Å². The van der Waals surface area contributed by atoms with Crippen LogP contribution in [0.15, 0.2) is 40.4 Å². The number of methoxy groups -OCH3 is 1. The van der Waals surface area contributed by atoms with Gasteiger partial charge in [-0.2, -0.15) is 5.10 Å². The number of rotatable bonds is 8. The zero-order valence-electron chi connectivity index (χ0n) is 21.5. The van der Waals surface area contributed by atoms with Gasteiger partial charge in [0.2, 0.25) is 5.43 Å². The van der Waals surface area contributed by atoms with E-state index in [9.17, 15) is 19.1 Å². The van der Waals surface area contributed by atoms with Crippen molar-refractivity contribution in [2.24, 2.45) is 5.10 Å². The molecular weight excluding hydrogens is 532 g/mol. The number of halogens is 3. The number of hydrazone groups is 1. The van der Waals surface area contributed by atoms with Crippen LogP contribution in [0.4, 0.5) is 20.2 Å². The van der Waals surface area contributed by atoms with Gasteiger partial charge in [-0.15, -0.1) is 0 Å². The van der Waals surface area contributed by atoms with Crippen molar-refractivity contribution in [1.29, 1.82) is 0 Å². The van der Waals surface area contributed by atoms with E-state index in [2.05, 4.69) is 15.4 Å². The quantitative estimate of drug-likeness (QED) is 0.308. The molecule has 3 aromatic rings. The van der Waals surface area contributed by atoms with Crippen molar-refractivity contribution < 1.29 is 23.4 Å². The molecule has 2 N–H and O–H groups in total. The first-order chi connectivity index (χ1) is 18.7. The van der Waals surface area contributed by atoms with E-state index in [1.807, 2.05) is 11.8 Å². The first-order valence-electron chi connectivity index (χ1n) is 12.6. The summed E-state index contributed by atoms with van der Waals surface area (Å²) in [7, 11) is 1.43. The van der Waals surface area contributed by atoms with Crippen molar-refractivity contribution in [3.8, 4) is 5.75 Å². The lowest BCUT2D eigenvalue weighted by molar-refractivity contribution is 0.0694. The third-order valence-electron chi connectivity index (χ3n) is 7.01. The van der Waals surface area contributed by atoms with E-state index in [0.717, 1.165) is 24.6 Å². The molecule has 5 rings (SSSR count). The minimum absolute atomic E-state index is 0.000291. The second kappa shape index (κ2) is 10.8. The van der Waals surface area contributed by atoms with Crippen LogP contribution in [-0.2, 0) is 0 Å². The molecule has 9 nitrogen and oxygen atoms in total. The number of fused-ring (bicyclic) bond motifs is 1. The normalized spacial score (nSPS) is 16.5. The SMILES string of the molecule is COc1c(N2CCN(C/C(C)=N/Nc3ccc(F)c(Cl)c3)CC2)c(F)cc2c(=O)c(C(=O)O)cn(C3CC3)c12. The molecule has 0 bridgehead atoms. The maximum Gasteiger partial charge on any atom is 0.341 e. The lowest BCUT2D eigenvalue weighted by Crippen LogP contribution is -2.48. The summed E-state index contributed by atoms with van der Waals surface area (Å²) in [5, 5.41) is 13.9. The van der Waals surface area contributed by atoms with E-state index < -0.39 is 23.0 Å². The summed E-state index contributed by atoms with van der Waals surface area (Å²) >= 11 is 5.82. The van der Waals surface area contributed by atoms with Gasteiger partial charge in [0.05, 0.1) is 28.7 Å². The fourth-order valence-electron chi connectivity index (χ4n) is 4.94. The van der Waals surface area contributed by atoms with Crippen LogP contribution in [-0.4, -0.2) is 66.1 Å². The van der Waals surface area contributed by atoms with Crippen LogP contribution >= 0.6 is 11.6 Å². The van der Waals surface area contributed by atoms with Crippen LogP contribution in [0.5, 0.6) is 5.75 Å². The van der Waals surface area contributed by atoms with E-state index in [-0.39, 0.29) is 33.5 Å². The average Bonchev–Trinajstić information content (AvgIpc) is 3.75. The standard InChI is InChI=1S/C27H28ClF2N5O4/c1-15(31-32-16-3-6-21(29)20(28)11-16)13-33-7-9-34(10-8-33)24-22(30)12-18-23(26(24)39-2)35(17-4-5-17)14-19(25(18)36)27(37)38/h3,6,11-12,14,17,32H,4-5,7-10,13H2,1-2H3,(H,37,38)/b31-15+. The van der Waals surface area contributed by atoms with E-state index in [1.54, 1.807) is 10.6 Å². The van der Waals surface area contributed by atoms with Crippen molar-refractivity contribution in [3.05, 3.63) is 62.9 Å². The first-order valence-corrected chi connectivity index (χ1v) is 13.0. The zero-order chi connectivity index (χ0) is 27.8. The molecule has 0 amide bonds. The number of aromatic carboxylic acids is 1. The minimum atomic E-state index is -1.34. The van der Waals surface area contributed by atoms with E-state index in [1.165, 1.54) is 25.4 Å². The van der Waals surface area contributed by atoms with Crippen LogP contribution in [0.1, 0.15) is 36.2 Å². The summed E-state index contributed by atoms with van der Waals surface area (Å²) in [6.45, 7) is 4.72. The number of piperazine rings is 1. The number of nitrogens with zero attached hydrogens (tertiary/aromatic N) is 4. The summed E-state index contributed by atoms with van der Waals surface area (Å²) in [5.41, 5.74) is 3.84. The molecule has 1 aliphatic heterocycles. The zero-order valence-corrected chi connectivity index (χ0v) is 22.3. The number of benzene rings is 2. The molecule has 0 unspecified atom stereocenters. The Balaban J connectivity index is 1.35. The molecule has 1 aromatic heterocycles. The smallest absolute Gasteiger partial charge is 0.341 e. The number of pyridine rings is 1. The molecular formula is C27H28ClF2N5O4. The fraction of sp³-hybridized carbons (Fsp3) is 0.370. The number of anilines is 2. The molecule has 2 aromatic carbocycles. The Morgan fingerprint density at radius 1 is 1.18 bits per heavy atom. The topological polar surface area (TPSA) is 99.4 Å².